The Balaban J connectivity index is 1.63. The van der Waals surface area contributed by atoms with Crippen LogP contribution in [0.3, 0.4) is 0 Å². The van der Waals surface area contributed by atoms with Crippen molar-refractivity contribution in [3.8, 4) is 11.5 Å². The Labute approximate surface area is 104 Å². The standard InChI is InChI=1S/C13H14N4O/c14-13(5-6-13)10-4-3-9(7-15-10)12-17-16-11(18-12)8-1-2-8/h3-4,7-8H,1-2,5-6,14H2. The molecule has 0 spiro atoms. The van der Waals surface area contributed by atoms with Gasteiger partial charge in [-0.05, 0) is 37.8 Å². The van der Waals surface area contributed by atoms with E-state index >= 15 is 0 Å². The lowest BCUT2D eigenvalue weighted by molar-refractivity contribution is 0.508. The van der Waals surface area contributed by atoms with Crippen molar-refractivity contribution in [1.82, 2.24) is 15.2 Å². The average Bonchev–Trinajstić information content (AvgIpc) is 3.32. The molecule has 5 heteroatoms. The molecule has 2 saturated carbocycles. The van der Waals surface area contributed by atoms with Gasteiger partial charge in [-0.1, -0.05) is 0 Å². The highest BCUT2D eigenvalue weighted by molar-refractivity contribution is 5.51. The van der Waals surface area contributed by atoms with Crippen LogP contribution in [0.15, 0.2) is 22.7 Å². The molecule has 5 nitrogen and oxygen atoms in total. The first-order valence-corrected chi connectivity index (χ1v) is 6.34. The summed E-state index contributed by atoms with van der Waals surface area (Å²) in [5.41, 5.74) is 7.72. The minimum Gasteiger partial charge on any atom is -0.420 e. The molecule has 0 atom stereocenters. The first-order chi connectivity index (χ1) is 8.74. The summed E-state index contributed by atoms with van der Waals surface area (Å²) >= 11 is 0. The van der Waals surface area contributed by atoms with E-state index in [0.29, 0.717) is 11.8 Å². The van der Waals surface area contributed by atoms with Crippen LogP contribution in [0.25, 0.3) is 11.5 Å². The SMILES string of the molecule is NC1(c2ccc(-c3nnc(C4CC4)o3)cn2)CC1. The van der Waals surface area contributed by atoms with Gasteiger partial charge in [0.15, 0.2) is 0 Å². The molecule has 0 bridgehead atoms. The normalized spacial score (nSPS) is 20.9. The molecule has 0 unspecified atom stereocenters. The van der Waals surface area contributed by atoms with Crippen LogP contribution in [0.1, 0.15) is 43.2 Å². The number of nitrogens with zero attached hydrogens (tertiary/aromatic N) is 3. The molecule has 2 heterocycles. The molecule has 0 radical (unpaired) electrons. The molecule has 0 aliphatic heterocycles. The summed E-state index contributed by atoms with van der Waals surface area (Å²) in [5.74, 6) is 1.79. The van der Waals surface area contributed by atoms with Crippen LogP contribution < -0.4 is 5.73 Å². The number of nitrogens with two attached hydrogens (primary N) is 1. The predicted octanol–water partition coefficient (Wildman–Crippen LogP) is 1.96. The maximum atomic E-state index is 6.09. The van der Waals surface area contributed by atoms with Gasteiger partial charge in [-0.15, -0.1) is 10.2 Å². The number of pyridine rings is 1. The largest absolute Gasteiger partial charge is 0.420 e. The molecule has 92 valence electrons. The van der Waals surface area contributed by atoms with Crippen molar-refractivity contribution in [3.63, 3.8) is 0 Å². The maximum Gasteiger partial charge on any atom is 0.249 e. The van der Waals surface area contributed by atoms with Gasteiger partial charge in [0.2, 0.25) is 11.8 Å². The number of hydrogen-bond donors (Lipinski definition) is 1. The fraction of sp³-hybridized carbons (Fsp3) is 0.462. The number of hydrogen-bond acceptors (Lipinski definition) is 5. The van der Waals surface area contributed by atoms with Gasteiger partial charge in [-0.25, -0.2) is 0 Å². The molecule has 2 aliphatic carbocycles. The van der Waals surface area contributed by atoms with Crippen LogP contribution in [0, 0.1) is 0 Å². The quantitative estimate of drug-likeness (QED) is 0.890. The first kappa shape index (κ1) is 10.2. The minimum atomic E-state index is -0.188. The van der Waals surface area contributed by atoms with Gasteiger partial charge in [-0.2, -0.15) is 0 Å². The van der Waals surface area contributed by atoms with E-state index in [1.54, 1.807) is 6.20 Å². The van der Waals surface area contributed by atoms with Crippen LogP contribution >= 0.6 is 0 Å². The highest BCUT2D eigenvalue weighted by Crippen LogP contribution is 2.42. The molecule has 2 aliphatic rings. The number of aromatic nitrogens is 3. The zero-order valence-corrected chi connectivity index (χ0v) is 9.97. The zero-order valence-electron chi connectivity index (χ0n) is 9.97. The number of rotatable bonds is 3. The Kier molecular flexibility index (Phi) is 1.92. The monoisotopic (exact) mass is 242 g/mol. The fourth-order valence-electron chi connectivity index (χ4n) is 2.05. The van der Waals surface area contributed by atoms with Gasteiger partial charge in [0.1, 0.15) is 0 Å². The van der Waals surface area contributed by atoms with Gasteiger partial charge in [0, 0.05) is 12.1 Å². The van der Waals surface area contributed by atoms with Crippen LogP contribution in [-0.4, -0.2) is 15.2 Å². The summed E-state index contributed by atoms with van der Waals surface area (Å²) in [6.07, 6.45) is 6.13. The van der Waals surface area contributed by atoms with Crippen molar-refractivity contribution in [2.75, 3.05) is 0 Å². The van der Waals surface area contributed by atoms with Gasteiger partial charge < -0.3 is 10.2 Å². The lowest BCUT2D eigenvalue weighted by atomic mass is 10.1. The first-order valence-electron chi connectivity index (χ1n) is 6.34. The summed E-state index contributed by atoms with van der Waals surface area (Å²) in [6, 6.07) is 3.92. The third kappa shape index (κ3) is 1.62. The predicted molar refractivity (Wildman–Crippen MR) is 64.6 cm³/mol. The molecule has 2 fully saturated rings. The summed E-state index contributed by atoms with van der Waals surface area (Å²) in [6.45, 7) is 0. The van der Waals surface area contributed by atoms with Crippen molar-refractivity contribution in [1.29, 1.82) is 0 Å². The topological polar surface area (TPSA) is 77.8 Å². The van der Waals surface area contributed by atoms with Gasteiger partial charge in [0.05, 0.1) is 16.8 Å². The molecule has 18 heavy (non-hydrogen) atoms. The third-order valence-electron chi connectivity index (χ3n) is 3.68. The molecule has 2 aromatic rings. The van der Waals surface area contributed by atoms with Gasteiger partial charge in [-0.3, -0.25) is 4.98 Å². The Morgan fingerprint density at radius 2 is 2.06 bits per heavy atom. The Bertz CT molecular complexity index is 581. The summed E-state index contributed by atoms with van der Waals surface area (Å²) in [4.78, 5) is 4.41. The van der Waals surface area contributed by atoms with E-state index in [9.17, 15) is 0 Å². The van der Waals surface area contributed by atoms with Crippen molar-refractivity contribution in [2.45, 2.75) is 37.1 Å². The molecular formula is C13H14N4O. The van der Waals surface area contributed by atoms with E-state index in [0.717, 1.165) is 42.8 Å². The fourth-order valence-corrected chi connectivity index (χ4v) is 2.05. The van der Waals surface area contributed by atoms with E-state index in [1.807, 2.05) is 12.1 Å². The molecule has 4 rings (SSSR count). The van der Waals surface area contributed by atoms with E-state index < -0.39 is 0 Å². The second-order valence-electron chi connectivity index (χ2n) is 5.31. The Morgan fingerprint density at radius 1 is 1.22 bits per heavy atom. The minimum absolute atomic E-state index is 0.188. The average molecular weight is 242 g/mol. The van der Waals surface area contributed by atoms with Gasteiger partial charge in [0.25, 0.3) is 0 Å². The summed E-state index contributed by atoms with van der Waals surface area (Å²) in [5, 5.41) is 8.14. The molecule has 2 aromatic heterocycles. The van der Waals surface area contributed by atoms with E-state index in [2.05, 4.69) is 15.2 Å². The molecule has 0 saturated heterocycles. The highest BCUT2D eigenvalue weighted by Gasteiger charge is 2.41. The lowest BCUT2D eigenvalue weighted by Gasteiger charge is -2.07. The Morgan fingerprint density at radius 3 is 2.67 bits per heavy atom. The van der Waals surface area contributed by atoms with Crippen LogP contribution in [0.4, 0.5) is 0 Å². The third-order valence-corrected chi connectivity index (χ3v) is 3.68. The zero-order chi connectivity index (χ0) is 12.2. The summed E-state index contributed by atoms with van der Waals surface area (Å²) < 4.78 is 5.64. The van der Waals surface area contributed by atoms with Crippen molar-refractivity contribution >= 4 is 0 Å². The Hall–Kier alpha value is -1.75. The van der Waals surface area contributed by atoms with Crippen molar-refractivity contribution in [3.05, 3.63) is 29.9 Å². The second-order valence-corrected chi connectivity index (χ2v) is 5.31. The smallest absolute Gasteiger partial charge is 0.249 e. The van der Waals surface area contributed by atoms with Crippen LogP contribution in [0.2, 0.25) is 0 Å². The maximum absolute atomic E-state index is 6.09. The molecule has 0 aromatic carbocycles. The summed E-state index contributed by atoms with van der Waals surface area (Å²) in [7, 11) is 0. The van der Waals surface area contributed by atoms with Crippen LogP contribution in [0.5, 0.6) is 0 Å². The van der Waals surface area contributed by atoms with E-state index in [4.69, 9.17) is 10.2 Å². The van der Waals surface area contributed by atoms with Gasteiger partial charge >= 0.3 is 0 Å². The highest BCUT2D eigenvalue weighted by atomic mass is 16.4. The van der Waals surface area contributed by atoms with Crippen molar-refractivity contribution in [2.24, 2.45) is 5.73 Å². The van der Waals surface area contributed by atoms with Crippen molar-refractivity contribution < 1.29 is 4.42 Å². The molecule has 2 N–H and O–H groups in total. The molecular weight excluding hydrogens is 228 g/mol. The van der Waals surface area contributed by atoms with Crippen LogP contribution in [-0.2, 0) is 5.54 Å². The lowest BCUT2D eigenvalue weighted by Crippen LogP contribution is -2.19. The van der Waals surface area contributed by atoms with E-state index in [1.165, 1.54) is 0 Å². The molecule has 0 amide bonds. The van der Waals surface area contributed by atoms with E-state index in [-0.39, 0.29) is 5.54 Å². The second kappa shape index (κ2) is 3.38.